The van der Waals surface area contributed by atoms with E-state index in [2.05, 4.69) is 4.72 Å². The molecule has 0 aromatic heterocycles. The van der Waals surface area contributed by atoms with Gasteiger partial charge in [-0.3, -0.25) is 0 Å². The SMILES string of the molecule is O=S(=O)(NCCc1ccccc1)c1ccc(S(=O)(=O)C(F)F)cc1. The summed E-state index contributed by atoms with van der Waals surface area (Å²) in [6.45, 7) is 0.156. The van der Waals surface area contributed by atoms with Crippen LogP contribution in [0.3, 0.4) is 0 Å². The van der Waals surface area contributed by atoms with E-state index in [1.165, 1.54) is 0 Å². The molecule has 0 saturated carbocycles. The van der Waals surface area contributed by atoms with E-state index in [4.69, 9.17) is 0 Å². The molecule has 0 saturated heterocycles. The number of hydrogen-bond acceptors (Lipinski definition) is 4. The monoisotopic (exact) mass is 375 g/mol. The first kappa shape index (κ1) is 18.5. The molecule has 5 nitrogen and oxygen atoms in total. The van der Waals surface area contributed by atoms with Crippen molar-refractivity contribution in [1.82, 2.24) is 4.72 Å². The fourth-order valence-electron chi connectivity index (χ4n) is 1.97. The van der Waals surface area contributed by atoms with E-state index in [1.54, 1.807) is 0 Å². The Bertz CT molecular complexity index is 881. The Morgan fingerprint density at radius 3 is 1.92 bits per heavy atom. The van der Waals surface area contributed by atoms with Crippen LogP contribution in [-0.4, -0.2) is 29.1 Å². The van der Waals surface area contributed by atoms with Crippen molar-refractivity contribution in [3.63, 3.8) is 0 Å². The average Bonchev–Trinajstić information content (AvgIpc) is 2.55. The molecule has 0 fully saturated rings. The molecule has 2 rings (SSSR count). The lowest BCUT2D eigenvalue weighted by Gasteiger charge is -2.08. The quantitative estimate of drug-likeness (QED) is 0.805. The van der Waals surface area contributed by atoms with Crippen molar-refractivity contribution in [3.8, 4) is 0 Å². The van der Waals surface area contributed by atoms with E-state index < -0.39 is 30.5 Å². The van der Waals surface area contributed by atoms with Crippen molar-refractivity contribution in [3.05, 3.63) is 60.2 Å². The van der Waals surface area contributed by atoms with E-state index >= 15 is 0 Å². The lowest BCUT2D eigenvalue weighted by molar-refractivity contribution is 0.234. The summed E-state index contributed by atoms with van der Waals surface area (Å²) in [5.41, 5.74) is 0.957. The number of sulfonamides is 1. The van der Waals surface area contributed by atoms with Gasteiger partial charge in [-0.2, -0.15) is 8.78 Å². The average molecular weight is 375 g/mol. The molecule has 0 aliphatic carbocycles. The van der Waals surface area contributed by atoms with Crippen LogP contribution in [0.2, 0.25) is 0 Å². The summed E-state index contributed by atoms with van der Waals surface area (Å²) in [6, 6.07) is 12.9. The summed E-state index contributed by atoms with van der Waals surface area (Å²) in [5.74, 6) is -3.55. The standard InChI is InChI=1S/C15H15F2NO4S2/c16-15(17)23(19,20)13-6-8-14(9-7-13)24(21,22)18-11-10-12-4-2-1-3-5-12/h1-9,15,18H,10-11H2. The highest BCUT2D eigenvalue weighted by molar-refractivity contribution is 7.91. The van der Waals surface area contributed by atoms with Gasteiger partial charge < -0.3 is 0 Å². The van der Waals surface area contributed by atoms with Crippen molar-refractivity contribution in [2.45, 2.75) is 22.0 Å². The Kier molecular flexibility index (Phi) is 5.68. The minimum Gasteiger partial charge on any atom is -0.218 e. The van der Waals surface area contributed by atoms with Gasteiger partial charge in [-0.15, -0.1) is 0 Å². The number of rotatable bonds is 7. The molecule has 0 unspecified atom stereocenters. The molecule has 0 heterocycles. The van der Waals surface area contributed by atoms with Crippen LogP contribution in [0.15, 0.2) is 64.4 Å². The predicted octanol–water partition coefficient (Wildman–Crippen LogP) is 2.20. The molecular formula is C15H15F2NO4S2. The van der Waals surface area contributed by atoms with Gasteiger partial charge in [-0.05, 0) is 36.2 Å². The highest BCUT2D eigenvalue weighted by atomic mass is 32.2. The van der Waals surface area contributed by atoms with Crippen LogP contribution in [0.5, 0.6) is 0 Å². The van der Waals surface area contributed by atoms with Gasteiger partial charge in [0.1, 0.15) is 0 Å². The molecule has 1 N–H and O–H groups in total. The molecule has 0 atom stereocenters. The maximum Gasteiger partial charge on any atom is 0.341 e. The molecule has 9 heteroatoms. The topological polar surface area (TPSA) is 80.3 Å². The minimum absolute atomic E-state index is 0.156. The number of alkyl halides is 2. The normalized spacial score (nSPS) is 12.5. The third kappa shape index (κ3) is 4.37. The van der Waals surface area contributed by atoms with Gasteiger partial charge >= 0.3 is 5.76 Å². The van der Waals surface area contributed by atoms with Gasteiger partial charge in [-0.1, -0.05) is 30.3 Å². The van der Waals surface area contributed by atoms with E-state index in [1.807, 2.05) is 30.3 Å². The van der Waals surface area contributed by atoms with Crippen LogP contribution in [0.1, 0.15) is 5.56 Å². The molecule has 0 radical (unpaired) electrons. The second-order valence-electron chi connectivity index (χ2n) is 4.91. The van der Waals surface area contributed by atoms with Crippen molar-refractivity contribution in [1.29, 1.82) is 0 Å². The van der Waals surface area contributed by atoms with E-state index in [0.29, 0.717) is 6.42 Å². The molecule has 0 amide bonds. The van der Waals surface area contributed by atoms with Gasteiger partial charge in [0, 0.05) is 6.54 Å². The van der Waals surface area contributed by atoms with Crippen LogP contribution < -0.4 is 4.72 Å². The van der Waals surface area contributed by atoms with Gasteiger partial charge in [0.05, 0.1) is 9.79 Å². The lowest BCUT2D eigenvalue weighted by atomic mass is 10.2. The highest BCUT2D eigenvalue weighted by Gasteiger charge is 2.27. The lowest BCUT2D eigenvalue weighted by Crippen LogP contribution is -2.26. The second-order valence-corrected chi connectivity index (χ2v) is 8.60. The third-order valence-electron chi connectivity index (χ3n) is 3.25. The molecule has 0 bridgehead atoms. The molecule has 0 spiro atoms. The number of hydrogen-bond donors (Lipinski definition) is 1. The fraction of sp³-hybridized carbons (Fsp3) is 0.200. The van der Waals surface area contributed by atoms with Gasteiger partial charge in [0.25, 0.3) is 0 Å². The number of halogens is 2. The summed E-state index contributed by atoms with van der Waals surface area (Å²) in [4.78, 5) is -0.815. The maximum atomic E-state index is 12.4. The second kappa shape index (κ2) is 7.37. The van der Waals surface area contributed by atoms with Crippen molar-refractivity contribution in [2.75, 3.05) is 6.54 Å². The fourth-order valence-corrected chi connectivity index (χ4v) is 3.72. The number of sulfone groups is 1. The Labute approximate surface area is 139 Å². The van der Waals surface area contributed by atoms with Crippen molar-refractivity contribution in [2.24, 2.45) is 0 Å². The summed E-state index contributed by atoms with van der Waals surface area (Å²) >= 11 is 0. The molecule has 0 aliphatic rings. The van der Waals surface area contributed by atoms with Gasteiger partial charge in [-0.25, -0.2) is 21.6 Å². The number of nitrogens with one attached hydrogen (secondary N) is 1. The zero-order chi connectivity index (χ0) is 17.8. The molecule has 130 valence electrons. The van der Waals surface area contributed by atoms with E-state index in [0.717, 1.165) is 29.8 Å². The summed E-state index contributed by atoms with van der Waals surface area (Å²) in [5, 5.41) is 0. The van der Waals surface area contributed by atoms with E-state index in [-0.39, 0.29) is 11.4 Å². The third-order valence-corrected chi connectivity index (χ3v) is 6.12. The first-order valence-corrected chi connectivity index (χ1v) is 9.92. The van der Waals surface area contributed by atoms with Crippen LogP contribution >= 0.6 is 0 Å². The van der Waals surface area contributed by atoms with Gasteiger partial charge in [0.2, 0.25) is 19.9 Å². The first-order chi connectivity index (χ1) is 11.2. The smallest absolute Gasteiger partial charge is 0.218 e. The molecule has 0 aliphatic heterocycles. The minimum atomic E-state index is -4.74. The zero-order valence-corrected chi connectivity index (χ0v) is 14.0. The molecule has 24 heavy (non-hydrogen) atoms. The molecule has 2 aromatic carbocycles. The van der Waals surface area contributed by atoms with Gasteiger partial charge in [0.15, 0.2) is 0 Å². The van der Waals surface area contributed by atoms with Crippen LogP contribution in [0, 0.1) is 0 Å². The van der Waals surface area contributed by atoms with Crippen molar-refractivity contribution < 1.29 is 25.6 Å². The molecule has 2 aromatic rings. The molecular weight excluding hydrogens is 360 g/mol. The number of benzene rings is 2. The Balaban J connectivity index is 2.07. The van der Waals surface area contributed by atoms with Crippen molar-refractivity contribution >= 4 is 19.9 Å². The Hall–Kier alpha value is -1.84. The van der Waals surface area contributed by atoms with Crippen LogP contribution in [-0.2, 0) is 26.3 Å². The predicted molar refractivity (Wildman–Crippen MR) is 85.0 cm³/mol. The zero-order valence-electron chi connectivity index (χ0n) is 12.4. The Morgan fingerprint density at radius 2 is 1.38 bits per heavy atom. The maximum absolute atomic E-state index is 12.4. The first-order valence-electron chi connectivity index (χ1n) is 6.89. The summed E-state index contributed by atoms with van der Waals surface area (Å²) in [7, 11) is -8.59. The van der Waals surface area contributed by atoms with Crippen LogP contribution in [0.4, 0.5) is 8.78 Å². The van der Waals surface area contributed by atoms with Crippen LogP contribution in [0.25, 0.3) is 0 Å². The summed E-state index contributed by atoms with van der Waals surface area (Å²) in [6.07, 6.45) is 0.484. The Morgan fingerprint density at radius 1 is 0.833 bits per heavy atom. The summed E-state index contributed by atoms with van der Waals surface area (Å²) < 4.78 is 74.1. The highest BCUT2D eigenvalue weighted by Crippen LogP contribution is 2.20. The largest absolute Gasteiger partial charge is 0.341 e. The van der Waals surface area contributed by atoms with E-state index in [9.17, 15) is 25.6 Å².